The molecule has 2 aromatic carbocycles. The van der Waals surface area contributed by atoms with Crippen molar-refractivity contribution in [3.8, 4) is 0 Å². The van der Waals surface area contributed by atoms with Gasteiger partial charge in [-0.05, 0) is 56.9 Å². The van der Waals surface area contributed by atoms with E-state index >= 15 is 0 Å². The Morgan fingerprint density at radius 2 is 1.59 bits per heavy atom. The first-order valence-corrected chi connectivity index (χ1v) is 7.79. The lowest BCUT2D eigenvalue weighted by Gasteiger charge is -2.17. The van der Waals surface area contributed by atoms with Gasteiger partial charge in [0.25, 0.3) is 0 Å². The van der Waals surface area contributed by atoms with E-state index in [1.54, 1.807) is 0 Å². The van der Waals surface area contributed by atoms with E-state index in [-0.39, 0.29) is 11.9 Å². The highest BCUT2D eigenvalue weighted by Gasteiger charge is 2.13. The van der Waals surface area contributed by atoms with Crippen LogP contribution in [0.2, 0.25) is 0 Å². The van der Waals surface area contributed by atoms with Crippen molar-refractivity contribution in [2.45, 2.75) is 47.1 Å². The third kappa shape index (κ3) is 3.97. The summed E-state index contributed by atoms with van der Waals surface area (Å²) in [4.78, 5) is 12.3. The Kier molecular flexibility index (Phi) is 5.02. The summed E-state index contributed by atoms with van der Waals surface area (Å²) in [5, 5.41) is 3.11. The fourth-order valence-corrected chi connectivity index (χ4v) is 2.85. The van der Waals surface area contributed by atoms with Crippen LogP contribution >= 0.6 is 0 Å². The zero-order valence-electron chi connectivity index (χ0n) is 14.2. The predicted octanol–water partition coefficient (Wildman–Crippen LogP) is 4.34. The van der Waals surface area contributed by atoms with E-state index < -0.39 is 0 Å². The molecule has 2 heteroatoms. The Labute approximate surface area is 133 Å². The first-order valence-electron chi connectivity index (χ1n) is 7.79. The van der Waals surface area contributed by atoms with E-state index in [1.807, 2.05) is 6.92 Å². The molecule has 0 heterocycles. The van der Waals surface area contributed by atoms with Crippen molar-refractivity contribution in [2.75, 3.05) is 0 Å². The van der Waals surface area contributed by atoms with E-state index in [0.717, 1.165) is 5.56 Å². The predicted molar refractivity (Wildman–Crippen MR) is 92.1 cm³/mol. The van der Waals surface area contributed by atoms with Crippen molar-refractivity contribution in [2.24, 2.45) is 0 Å². The number of benzene rings is 2. The molecular weight excluding hydrogens is 270 g/mol. The Bertz CT molecular complexity index is 688. The molecule has 0 aliphatic rings. The molecule has 2 nitrogen and oxygen atoms in total. The Balaban J connectivity index is 2.06. The second-order valence-electron chi connectivity index (χ2n) is 6.26. The lowest BCUT2D eigenvalue weighted by atomic mass is 9.99. The van der Waals surface area contributed by atoms with Gasteiger partial charge in [0.2, 0.25) is 5.91 Å². The molecule has 0 aliphatic heterocycles. The maximum absolute atomic E-state index is 12.3. The van der Waals surface area contributed by atoms with Gasteiger partial charge in [0.15, 0.2) is 0 Å². The maximum Gasteiger partial charge on any atom is 0.224 e. The molecule has 0 fully saturated rings. The molecular formula is C20H25NO. The summed E-state index contributed by atoms with van der Waals surface area (Å²) in [5.74, 6) is 0.0705. The summed E-state index contributed by atoms with van der Waals surface area (Å²) in [6.45, 7) is 10.3. The third-order valence-electron chi connectivity index (χ3n) is 4.12. The number of carbonyl (C=O) groups excluding carboxylic acids is 1. The minimum atomic E-state index is 0.0261. The molecule has 0 saturated carbocycles. The van der Waals surface area contributed by atoms with Crippen molar-refractivity contribution in [1.82, 2.24) is 5.32 Å². The van der Waals surface area contributed by atoms with Gasteiger partial charge in [-0.2, -0.15) is 0 Å². The maximum atomic E-state index is 12.3. The number of rotatable bonds is 4. The van der Waals surface area contributed by atoms with Gasteiger partial charge in [-0.15, -0.1) is 0 Å². The second-order valence-corrected chi connectivity index (χ2v) is 6.26. The summed E-state index contributed by atoms with van der Waals surface area (Å²) in [6.07, 6.45) is 0.433. The van der Waals surface area contributed by atoms with Crippen LogP contribution in [0, 0.1) is 27.7 Å². The van der Waals surface area contributed by atoms with E-state index in [4.69, 9.17) is 0 Å². The van der Waals surface area contributed by atoms with Gasteiger partial charge < -0.3 is 5.32 Å². The van der Waals surface area contributed by atoms with Gasteiger partial charge in [-0.1, -0.05) is 47.5 Å². The first kappa shape index (κ1) is 16.3. The standard InChI is InChI=1S/C20H25NO/c1-13-7-9-19(16(4)10-13)17(5)21-20(22)12-18-11-14(2)6-8-15(18)3/h6-11,17H,12H2,1-5H3,(H,21,22). The zero-order valence-corrected chi connectivity index (χ0v) is 14.2. The summed E-state index contributed by atoms with van der Waals surface area (Å²) < 4.78 is 0. The Morgan fingerprint density at radius 1 is 0.955 bits per heavy atom. The summed E-state index contributed by atoms with van der Waals surface area (Å²) >= 11 is 0. The Morgan fingerprint density at radius 3 is 2.27 bits per heavy atom. The molecule has 0 saturated heterocycles. The van der Waals surface area contributed by atoms with E-state index in [2.05, 4.69) is 69.4 Å². The van der Waals surface area contributed by atoms with Gasteiger partial charge in [-0.3, -0.25) is 4.79 Å². The fraction of sp³-hybridized carbons (Fsp3) is 0.350. The molecule has 116 valence electrons. The number of nitrogens with one attached hydrogen (secondary N) is 1. The highest BCUT2D eigenvalue weighted by molar-refractivity contribution is 5.79. The molecule has 2 aromatic rings. The van der Waals surface area contributed by atoms with Gasteiger partial charge in [0, 0.05) is 0 Å². The number of hydrogen-bond donors (Lipinski definition) is 1. The van der Waals surface area contributed by atoms with Crippen molar-refractivity contribution in [3.63, 3.8) is 0 Å². The van der Waals surface area contributed by atoms with Crippen LogP contribution in [0.5, 0.6) is 0 Å². The summed E-state index contributed by atoms with van der Waals surface area (Å²) in [7, 11) is 0. The summed E-state index contributed by atoms with van der Waals surface area (Å²) in [6, 6.07) is 12.6. The van der Waals surface area contributed by atoms with Crippen LogP contribution in [-0.4, -0.2) is 5.91 Å². The molecule has 0 aromatic heterocycles. The van der Waals surface area contributed by atoms with Crippen molar-refractivity contribution >= 4 is 5.91 Å². The van der Waals surface area contributed by atoms with Gasteiger partial charge in [0.05, 0.1) is 12.5 Å². The molecule has 1 unspecified atom stereocenters. The third-order valence-corrected chi connectivity index (χ3v) is 4.12. The molecule has 2 rings (SSSR count). The van der Waals surface area contributed by atoms with Crippen molar-refractivity contribution in [1.29, 1.82) is 0 Å². The number of hydrogen-bond acceptors (Lipinski definition) is 1. The highest BCUT2D eigenvalue weighted by Crippen LogP contribution is 2.19. The van der Waals surface area contributed by atoms with Crippen LogP contribution in [0.4, 0.5) is 0 Å². The fourth-order valence-electron chi connectivity index (χ4n) is 2.85. The molecule has 1 amide bonds. The van der Waals surface area contributed by atoms with Crippen LogP contribution in [0.3, 0.4) is 0 Å². The molecule has 0 bridgehead atoms. The molecule has 1 N–H and O–H groups in total. The van der Waals surface area contributed by atoms with Gasteiger partial charge >= 0.3 is 0 Å². The lowest BCUT2D eigenvalue weighted by molar-refractivity contribution is -0.121. The SMILES string of the molecule is Cc1ccc(C(C)NC(=O)Cc2cc(C)ccc2C)c(C)c1. The largest absolute Gasteiger partial charge is 0.349 e. The minimum Gasteiger partial charge on any atom is -0.349 e. The number of aryl methyl sites for hydroxylation is 4. The molecule has 0 aliphatic carbocycles. The van der Waals surface area contributed by atoms with Gasteiger partial charge in [-0.25, -0.2) is 0 Å². The van der Waals surface area contributed by atoms with Crippen LogP contribution in [-0.2, 0) is 11.2 Å². The van der Waals surface area contributed by atoms with Crippen molar-refractivity contribution < 1.29 is 4.79 Å². The summed E-state index contributed by atoms with van der Waals surface area (Å²) in [5.41, 5.74) is 7.11. The van der Waals surface area contributed by atoms with E-state index in [9.17, 15) is 4.79 Å². The zero-order chi connectivity index (χ0) is 16.3. The van der Waals surface area contributed by atoms with Crippen LogP contribution in [0.1, 0.15) is 46.3 Å². The van der Waals surface area contributed by atoms with E-state index in [0.29, 0.717) is 6.42 Å². The smallest absolute Gasteiger partial charge is 0.224 e. The van der Waals surface area contributed by atoms with Crippen molar-refractivity contribution in [3.05, 3.63) is 69.8 Å². The van der Waals surface area contributed by atoms with E-state index in [1.165, 1.54) is 27.8 Å². The molecule has 22 heavy (non-hydrogen) atoms. The minimum absolute atomic E-state index is 0.0261. The van der Waals surface area contributed by atoms with Crippen LogP contribution < -0.4 is 5.32 Å². The molecule has 0 radical (unpaired) electrons. The second kappa shape index (κ2) is 6.78. The molecule has 0 spiro atoms. The quantitative estimate of drug-likeness (QED) is 0.893. The topological polar surface area (TPSA) is 29.1 Å². The monoisotopic (exact) mass is 295 g/mol. The average Bonchev–Trinajstić information content (AvgIpc) is 2.42. The van der Waals surface area contributed by atoms with Crippen LogP contribution in [0.15, 0.2) is 36.4 Å². The lowest BCUT2D eigenvalue weighted by Crippen LogP contribution is -2.28. The first-order chi connectivity index (χ1) is 10.4. The highest BCUT2D eigenvalue weighted by atomic mass is 16.1. The number of carbonyl (C=O) groups is 1. The van der Waals surface area contributed by atoms with Gasteiger partial charge in [0.1, 0.15) is 0 Å². The Hall–Kier alpha value is -2.09. The number of amides is 1. The average molecular weight is 295 g/mol. The molecule has 1 atom stereocenters. The van der Waals surface area contributed by atoms with Crippen LogP contribution in [0.25, 0.3) is 0 Å². The normalized spacial score (nSPS) is 12.0.